The zero-order chi connectivity index (χ0) is 7.72. The molecule has 0 bridgehead atoms. The fourth-order valence-electron chi connectivity index (χ4n) is 1.12. The van der Waals surface area contributed by atoms with E-state index in [4.69, 9.17) is 5.11 Å². The Kier molecular flexibility index (Phi) is 1.92. The Bertz CT molecular complexity index is 148. The van der Waals surface area contributed by atoms with Crippen LogP contribution in [0.25, 0.3) is 0 Å². The summed E-state index contributed by atoms with van der Waals surface area (Å²) in [6.07, 6.45) is -0.738. The van der Waals surface area contributed by atoms with Gasteiger partial charge in [-0.15, -0.1) is 0 Å². The Balaban J connectivity index is 2.57. The maximum Gasteiger partial charge on any atom is 0.323 e. The predicted molar refractivity (Wildman–Crippen MR) is 34.6 cm³/mol. The number of carboxylic acid groups (broad SMARTS) is 1. The molecule has 4 nitrogen and oxygen atoms in total. The van der Waals surface area contributed by atoms with Gasteiger partial charge in [0, 0.05) is 6.54 Å². The molecule has 1 fully saturated rings. The summed E-state index contributed by atoms with van der Waals surface area (Å²) in [5.41, 5.74) is 0. The van der Waals surface area contributed by atoms with Crippen molar-refractivity contribution in [2.45, 2.75) is 19.1 Å². The molecule has 0 aromatic carbocycles. The molecule has 0 amide bonds. The molecule has 1 saturated heterocycles. The first-order valence-electron chi connectivity index (χ1n) is 3.27. The third-order valence-electron chi connectivity index (χ3n) is 1.85. The van der Waals surface area contributed by atoms with Crippen molar-refractivity contribution in [3.8, 4) is 0 Å². The second-order valence-corrected chi connectivity index (χ2v) is 2.69. The van der Waals surface area contributed by atoms with Gasteiger partial charge in [-0.3, -0.25) is 4.79 Å². The Morgan fingerprint density at radius 3 is 2.50 bits per heavy atom. The number of carbonyl (C=O) groups is 1. The normalized spacial score (nSPS) is 40.0. The first-order chi connectivity index (χ1) is 4.63. The van der Waals surface area contributed by atoms with Gasteiger partial charge in [0.15, 0.2) is 0 Å². The standard InChI is InChI=1S/C6H11NO3/c1-3-2-7-4(5(3)8)6(9)10/h3-5,7-8H,2H2,1H3,(H,9,10)/t3-,4-,5+/m0/s1. The van der Waals surface area contributed by atoms with Gasteiger partial charge in [-0.05, 0) is 5.92 Å². The van der Waals surface area contributed by atoms with Crippen LogP contribution >= 0.6 is 0 Å². The maximum atomic E-state index is 10.3. The second-order valence-electron chi connectivity index (χ2n) is 2.69. The number of aliphatic hydroxyl groups excluding tert-OH is 1. The number of nitrogens with one attached hydrogen (secondary N) is 1. The van der Waals surface area contributed by atoms with Crippen molar-refractivity contribution in [3.63, 3.8) is 0 Å². The van der Waals surface area contributed by atoms with Crippen LogP contribution in [-0.4, -0.2) is 34.9 Å². The van der Waals surface area contributed by atoms with Crippen LogP contribution in [0, 0.1) is 5.92 Å². The van der Waals surface area contributed by atoms with Crippen LogP contribution in [0.2, 0.25) is 0 Å². The van der Waals surface area contributed by atoms with Crippen molar-refractivity contribution in [1.29, 1.82) is 0 Å². The third-order valence-corrected chi connectivity index (χ3v) is 1.85. The molecule has 3 atom stereocenters. The van der Waals surface area contributed by atoms with E-state index >= 15 is 0 Å². The minimum atomic E-state index is -0.975. The summed E-state index contributed by atoms with van der Waals surface area (Å²) in [6, 6.07) is -0.769. The van der Waals surface area contributed by atoms with E-state index in [9.17, 15) is 9.90 Å². The second kappa shape index (κ2) is 2.56. The highest BCUT2D eigenvalue weighted by Crippen LogP contribution is 2.13. The molecule has 1 aliphatic heterocycles. The lowest BCUT2D eigenvalue weighted by atomic mass is 10.0. The number of carboxylic acids is 1. The van der Waals surface area contributed by atoms with Crippen LogP contribution in [0.1, 0.15) is 6.92 Å². The Morgan fingerprint density at radius 2 is 2.30 bits per heavy atom. The summed E-state index contributed by atoms with van der Waals surface area (Å²) in [6.45, 7) is 2.40. The molecule has 1 aliphatic rings. The van der Waals surface area contributed by atoms with E-state index in [1.165, 1.54) is 0 Å². The first-order valence-corrected chi connectivity index (χ1v) is 3.27. The van der Waals surface area contributed by atoms with Crippen LogP contribution in [0.3, 0.4) is 0 Å². The molecule has 0 radical (unpaired) electrons. The fourth-order valence-corrected chi connectivity index (χ4v) is 1.12. The van der Waals surface area contributed by atoms with Gasteiger partial charge in [0.25, 0.3) is 0 Å². The molecular formula is C6H11NO3. The molecule has 0 aromatic rings. The van der Waals surface area contributed by atoms with E-state index in [1.54, 1.807) is 0 Å². The zero-order valence-corrected chi connectivity index (χ0v) is 5.74. The van der Waals surface area contributed by atoms with E-state index in [2.05, 4.69) is 5.32 Å². The molecule has 1 heterocycles. The molecule has 0 aromatic heterocycles. The Hall–Kier alpha value is -0.610. The van der Waals surface area contributed by atoms with E-state index < -0.39 is 18.1 Å². The SMILES string of the molecule is C[C@H]1CN[C@H](C(=O)O)[C@@H]1O. The van der Waals surface area contributed by atoms with Crippen LogP contribution in [0.4, 0.5) is 0 Å². The van der Waals surface area contributed by atoms with Gasteiger partial charge < -0.3 is 15.5 Å². The van der Waals surface area contributed by atoms with E-state index in [0.29, 0.717) is 6.54 Å². The molecule has 0 spiro atoms. The van der Waals surface area contributed by atoms with Crippen LogP contribution in [0.15, 0.2) is 0 Å². The van der Waals surface area contributed by atoms with Crippen molar-refractivity contribution >= 4 is 5.97 Å². The van der Waals surface area contributed by atoms with Crippen LogP contribution < -0.4 is 5.32 Å². The highest BCUT2D eigenvalue weighted by Gasteiger charge is 2.35. The van der Waals surface area contributed by atoms with Crippen molar-refractivity contribution in [2.24, 2.45) is 5.92 Å². The van der Waals surface area contributed by atoms with E-state index in [0.717, 1.165) is 0 Å². The van der Waals surface area contributed by atoms with Crippen molar-refractivity contribution in [3.05, 3.63) is 0 Å². The number of hydrogen-bond acceptors (Lipinski definition) is 3. The zero-order valence-electron chi connectivity index (χ0n) is 5.74. The highest BCUT2D eigenvalue weighted by atomic mass is 16.4. The molecule has 1 rings (SSSR count). The van der Waals surface area contributed by atoms with Crippen LogP contribution in [-0.2, 0) is 4.79 Å². The summed E-state index contributed by atoms with van der Waals surface area (Å²) in [5.74, 6) is -0.932. The lowest BCUT2D eigenvalue weighted by Gasteiger charge is -2.10. The van der Waals surface area contributed by atoms with Crippen molar-refractivity contribution in [1.82, 2.24) is 5.32 Å². The Labute approximate surface area is 58.9 Å². The average Bonchev–Trinajstić information content (AvgIpc) is 2.14. The number of rotatable bonds is 1. The van der Waals surface area contributed by atoms with Gasteiger partial charge in [-0.2, -0.15) is 0 Å². The number of aliphatic hydroxyl groups is 1. The quantitative estimate of drug-likeness (QED) is 0.444. The third kappa shape index (κ3) is 1.12. The summed E-state index contributed by atoms with van der Waals surface area (Å²) < 4.78 is 0. The van der Waals surface area contributed by atoms with Crippen molar-refractivity contribution < 1.29 is 15.0 Å². The lowest BCUT2D eigenvalue weighted by Crippen LogP contribution is -2.38. The first kappa shape index (κ1) is 7.50. The van der Waals surface area contributed by atoms with E-state index in [1.807, 2.05) is 6.92 Å². The van der Waals surface area contributed by atoms with Crippen molar-refractivity contribution in [2.75, 3.05) is 6.54 Å². The molecule has 0 aliphatic carbocycles. The van der Waals surface area contributed by atoms with Gasteiger partial charge >= 0.3 is 5.97 Å². The van der Waals surface area contributed by atoms with Gasteiger partial charge in [-0.25, -0.2) is 0 Å². The largest absolute Gasteiger partial charge is 0.480 e. The summed E-state index contributed by atoms with van der Waals surface area (Å²) in [7, 11) is 0. The minimum absolute atomic E-state index is 0.0427. The summed E-state index contributed by atoms with van der Waals surface area (Å²) >= 11 is 0. The molecule has 10 heavy (non-hydrogen) atoms. The molecule has 3 N–H and O–H groups in total. The molecule has 0 saturated carbocycles. The van der Waals surface area contributed by atoms with E-state index in [-0.39, 0.29) is 5.92 Å². The summed E-state index contributed by atoms with van der Waals surface area (Å²) in [5, 5.41) is 20.4. The topological polar surface area (TPSA) is 69.6 Å². The lowest BCUT2D eigenvalue weighted by molar-refractivity contribution is -0.141. The van der Waals surface area contributed by atoms with Gasteiger partial charge in [0.05, 0.1) is 6.10 Å². The average molecular weight is 145 g/mol. The molecule has 0 unspecified atom stereocenters. The van der Waals surface area contributed by atoms with Gasteiger partial charge in [0.1, 0.15) is 6.04 Å². The molecular weight excluding hydrogens is 134 g/mol. The van der Waals surface area contributed by atoms with Gasteiger partial charge in [0.2, 0.25) is 0 Å². The molecule has 4 heteroatoms. The smallest absolute Gasteiger partial charge is 0.323 e. The minimum Gasteiger partial charge on any atom is -0.480 e. The highest BCUT2D eigenvalue weighted by molar-refractivity contribution is 5.74. The van der Waals surface area contributed by atoms with Gasteiger partial charge in [-0.1, -0.05) is 6.92 Å². The molecule has 58 valence electrons. The number of hydrogen-bond donors (Lipinski definition) is 3. The number of aliphatic carboxylic acids is 1. The van der Waals surface area contributed by atoms with Crippen LogP contribution in [0.5, 0.6) is 0 Å². The maximum absolute atomic E-state index is 10.3. The summed E-state index contributed by atoms with van der Waals surface area (Å²) in [4.78, 5) is 10.3. The fraction of sp³-hybridized carbons (Fsp3) is 0.833. The Morgan fingerprint density at radius 1 is 1.70 bits per heavy atom. The monoisotopic (exact) mass is 145 g/mol. The predicted octanol–water partition coefficient (Wildman–Crippen LogP) is -0.960.